The summed E-state index contributed by atoms with van der Waals surface area (Å²) >= 11 is 1.47. The molecule has 0 spiro atoms. The molecule has 0 amide bonds. The van der Waals surface area contributed by atoms with Gasteiger partial charge in [-0.25, -0.2) is 13.4 Å². The van der Waals surface area contributed by atoms with Crippen molar-refractivity contribution < 1.29 is 13.2 Å². The maximum atomic E-state index is 12.2. The van der Waals surface area contributed by atoms with E-state index in [0.29, 0.717) is 24.6 Å². The molecule has 0 aliphatic carbocycles. The third-order valence-electron chi connectivity index (χ3n) is 3.02. The largest absolute Gasteiger partial charge is 0.380 e. The van der Waals surface area contributed by atoms with Gasteiger partial charge in [0.15, 0.2) is 9.84 Å². The molecule has 1 aliphatic heterocycles. The summed E-state index contributed by atoms with van der Waals surface area (Å²) in [6.07, 6.45) is 1.55. The third kappa shape index (κ3) is 3.05. The summed E-state index contributed by atoms with van der Waals surface area (Å²) in [5, 5.41) is 0.353. The molecule has 2 rings (SSSR count). The van der Waals surface area contributed by atoms with Gasteiger partial charge in [0.2, 0.25) is 0 Å². The van der Waals surface area contributed by atoms with E-state index in [-0.39, 0.29) is 11.0 Å². The number of hydrogen-bond donors (Lipinski definition) is 0. The van der Waals surface area contributed by atoms with Gasteiger partial charge in [0, 0.05) is 11.5 Å². The molecule has 1 aromatic heterocycles. The number of aryl methyl sites for hydroxylation is 2. The average Bonchev–Trinajstić information content (AvgIpc) is 2.58. The predicted molar refractivity (Wildman–Crippen MR) is 68.1 cm³/mol. The van der Waals surface area contributed by atoms with Crippen LogP contribution in [0.3, 0.4) is 0 Å². The molecular weight excluding hydrogens is 258 g/mol. The van der Waals surface area contributed by atoms with Gasteiger partial charge in [0.25, 0.3) is 0 Å². The Morgan fingerprint density at radius 3 is 2.76 bits per heavy atom. The van der Waals surface area contributed by atoms with Crippen molar-refractivity contribution in [3.8, 4) is 0 Å². The fraction of sp³-hybridized carbons (Fsp3) is 0.727. The number of nitrogens with zero attached hydrogens (tertiary/aromatic N) is 1. The van der Waals surface area contributed by atoms with Crippen LogP contribution in [0.1, 0.15) is 28.4 Å². The first kappa shape index (κ1) is 13.0. The van der Waals surface area contributed by atoms with Crippen LogP contribution in [0.15, 0.2) is 0 Å². The second-order valence-electron chi connectivity index (χ2n) is 4.40. The molecule has 0 radical (unpaired) electrons. The Bertz CT molecular complexity index is 467. The number of rotatable bonds is 3. The molecule has 1 aromatic rings. The SMILES string of the molecule is Cc1nc(CS(=O)(=O)C2CCCOC2)sc1C. The van der Waals surface area contributed by atoms with Crippen molar-refractivity contribution in [3.63, 3.8) is 0 Å². The van der Waals surface area contributed by atoms with Crippen molar-refractivity contribution in [1.29, 1.82) is 0 Å². The van der Waals surface area contributed by atoms with E-state index in [0.717, 1.165) is 17.0 Å². The minimum absolute atomic E-state index is 0.0559. The Labute approximate surface area is 106 Å². The van der Waals surface area contributed by atoms with Crippen molar-refractivity contribution in [3.05, 3.63) is 15.6 Å². The zero-order chi connectivity index (χ0) is 12.5. The van der Waals surface area contributed by atoms with Crippen LogP contribution in [-0.4, -0.2) is 31.9 Å². The highest BCUT2D eigenvalue weighted by molar-refractivity contribution is 7.91. The maximum absolute atomic E-state index is 12.2. The van der Waals surface area contributed by atoms with Crippen LogP contribution in [0.2, 0.25) is 0 Å². The van der Waals surface area contributed by atoms with Gasteiger partial charge in [-0.3, -0.25) is 0 Å². The standard InChI is InChI=1S/C11H17NO3S2/c1-8-9(2)16-11(12-8)7-17(13,14)10-4-3-5-15-6-10/h10H,3-7H2,1-2H3. The van der Waals surface area contributed by atoms with Crippen molar-refractivity contribution in [2.45, 2.75) is 37.7 Å². The van der Waals surface area contributed by atoms with Gasteiger partial charge in [-0.2, -0.15) is 0 Å². The Balaban J connectivity index is 2.11. The molecule has 6 heteroatoms. The van der Waals surface area contributed by atoms with Gasteiger partial charge in [0.1, 0.15) is 10.8 Å². The molecule has 0 N–H and O–H groups in total. The fourth-order valence-electron chi connectivity index (χ4n) is 1.89. The molecule has 17 heavy (non-hydrogen) atoms. The van der Waals surface area contributed by atoms with E-state index in [1.54, 1.807) is 0 Å². The van der Waals surface area contributed by atoms with Gasteiger partial charge < -0.3 is 4.74 Å². The second kappa shape index (κ2) is 5.04. The highest BCUT2D eigenvalue weighted by Gasteiger charge is 2.29. The van der Waals surface area contributed by atoms with Crippen molar-refractivity contribution in [2.24, 2.45) is 0 Å². The zero-order valence-electron chi connectivity index (χ0n) is 10.1. The molecule has 0 aromatic carbocycles. The molecule has 96 valence electrons. The number of ether oxygens (including phenoxy) is 1. The van der Waals surface area contributed by atoms with Crippen LogP contribution >= 0.6 is 11.3 Å². The quantitative estimate of drug-likeness (QED) is 0.845. The smallest absolute Gasteiger partial charge is 0.161 e. The van der Waals surface area contributed by atoms with Crippen LogP contribution in [0.4, 0.5) is 0 Å². The maximum Gasteiger partial charge on any atom is 0.161 e. The van der Waals surface area contributed by atoms with Gasteiger partial charge in [-0.15, -0.1) is 11.3 Å². The first-order chi connectivity index (χ1) is 7.99. The minimum Gasteiger partial charge on any atom is -0.380 e. The summed E-state index contributed by atoms with van der Waals surface area (Å²) in [6, 6.07) is 0. The first-order valence-electron chi connectivity index (χ1n) is 5.71. The molecule has 1 saturated heterocycles. The molecule has 4 nitrogen and oxygen atoms in total. The molecule has 1 fully saturated rings. The van der Waals surface area contributed by atoms with E-state index in [1.165, 1.54) is 11.3 Å². The van der Waals surface area contributed by atoms with E-state index in [2.05, 4.69) is 4.98 Å². The predicted octanol–water partition coefficient (Wildman–Crippen LogP) is 1.85. The van der Waals surface area contributed by atoms with Crippen molar-refractivity contribution in [2.75, 3.05) is 13.2 Å². The second-order valence-corrected chi connectivity index (χ2v) is 7.96. The number of aromatic nitrogens is 1. The number of sulfone groups is 1. The topological polar surface area (TPSA) is 56.3 Å². The summed E-state index contributed by atoms with van der Waals surface area (Å²) in [7, 11) is -3.12. The van der Waals surface area contributed by atoms with E-state index < -0.39 is 9.84 Å². The van der Waals surface area contributed by atoms with Crippen LogP contribution in [0.25, 0.3) is 0 Å². The van der Waals surface area contributed by atoms with Crippen LogP contribution in [0, 0.1) is 13.8 Å². The molecule has 1 aliphatic rings. The lowest BCUT2D eigenvalue weighted by Crippen LogP contribution is -2.31. The summed E-state index contributed by atoms with van der Waals surface area (Å²) in [5.41, 5.74) is 0.931. The van der Waals surface area contributed by atoms with Gasteiger partial charge in [0.05, 0.1) is 17.6 Å². The zero-order valence-corrected chi connectivity index (χ0v) is 11.7. The average molecular weight is 275 g/mol. The monoisotopic (exact) mass is 275 g/mol. The van der Waals surface area contributed by atoms with Crippen molar-refractivity contribution >= 4 is 21.2 Å². The third-order valence-corrected chi connectivity index (χ3v) is 6.34. The summed E-state index contributed by atoms with van der Waals surface area (Å²) < 4.78 is 29.6. The van der Waals surface area contributed by atoms with Gasteiger partial charge in [-0.05, 0) is 26.7 Å². The summed E-state index contributed by atoms with van der Waals surface area (Å²) in [4.78, 5) is 5.38. The van der Waals surface area contributed by atoms with Crippen LogP contribution in [0.5, 0.6) is 0 Å². The van der Waals surface area contributed by atoms with E-state index >= 15 is 0 Å². The number of hydrogen-bond acceptors (Lipinski definition) is 5. The lowest BCUT2D eigenvalue weighted by Gasteiger charge is -2.21. The normalized spacial score (nSPS) is 21.6. The van der Waals surface area contributed by atoms with Crippen LogP contribution in [-0.2, 0) is 20.3 Å². The Morgan fingerprint density at radius 1 is 1.47 bits per heavy atom. The van der Waals surface area contributed by atoms with Gasteiger partial charge >= 0.3 is 0 Å². The molecular formula is C11H17NO3S2. The van der Waals surface area contributed by atoms with E-state index in [1.807, 2.05) is 13.8 Å². The lowest BCUT2D eigenvalue weighted by atomic mass is 10.2. The van der Waals surface area contributed by atoms with E-state index in [9.17, 15) is 8.42 Å². The van der Waals surface area contributed by atoms with Gasteiger partial charge in [-0.1, -0.05) is 0 Å². The van der Waals surface area contributed by atoms with E-state index in [4.69, 9.17) is 4.74 Å². The summed E-state index contributed by atoms with van der Waals surface area (Å²) in [5.74, 6) is 0.0559. The number of thiazole rings is 1. The molecule has 2 heterocycles. The highest BCUT2D eigenvalue weighted by atomic mass is 32.2. The molecule has 1 unspecified atom stereocenters. The fourth-order valence-corrected chi connectivity index (χ4v) is 4.82. The lowest BCUT2D eigenvalue weighted by molar-refractivity contribution is 0.0991. The van der Waals surface area contributed by atoms with Crippen molar-refractivity contribution in [1.82, 2.24) is 4.98 Å². The summed E-state index contributed by atoms with van der Waals surface area (Å²) in [6.45, 7) is 4.89. The highest BCUT2D eigenvalue weighted by Crippen LogP contribution is 2.23. The Kier molecular flexibility index (Phi) is 3.85. The molecule has 0 bridgehead atoms. The Hall–Kier alpha value is -0.460. The first-order valence-corrected chi connectivity index (χ1v) is 8.24. The Morgan fingerprint density at radius 2 is 2.24 bits per heavy atom. The molecule has 0 saturated carbocycles. The molecule has 1 atom stereocenters. The minimum atomic E-state index is -3.12. The van der Waals surface area contributed by atoms with Crippen LogP contribution < -0.4 is 0 Å².